The predicted molar refractivity (Wildman–Crippen MR) is 90.2 cm³/mol. The molecule has 1 rings (SSSR count). The molecule has 0 saturated carbocycles. The monoisotopic (exact) mass is 323 g/mol. The first-order valence-electron chi connectivity index (χ1n) is 6.67. The molecule has 0 amide bonds. The molecular formula is C14H27Cl2N3O. The Labute approximate surface area is 134 Å². The lowest BCUT2D eigenvalue weighted by molar-refractivity contribution is 0.304. The van der Waals surface area contributed by atoms with E-state index in [1.165, 1.54) is 0 Å². The molecule has 0 spiro atoms. The smallest absolute Gasteiger partial charge is 0.124 e. The van der Waals surface area contributed by atoms with Crippen molar-refractivity contribution < 1.29 is 4.74 Å². The van der Waals surface area contributed by atoms with Gasteiger partial charge in [-0.15, -0.1) is 24.8 Å². The molecule has 0 radical (unpaired) electrons. The van der Waals surface area contributed by atoms with E-state index in [2.05, 4.69) is 12.2 Å². The van der Waals surface area contributed by atoms with E-state index in [4.69, 9.17) is 16.2 Å². The molecule has 0 aliphatic carbocycles. The minimum absolute atomic E-state index is 0. The topological polar surface area (TPSA) is 73.3 Å². The van der Waals surface area contributed by atoms with Gasteiger partial charge in [0.15, 0.2) is 0 Å². The third kappa shape index (κ3) is 7.92. The van der Waals surface area contributed by atoms with Gasteiger partial charge >= 0.3 is 0 Å². The van der Waals surface area contributed by atoms with Gasteiger partial charge in [-0.3, -0.25) is 0 Å². The summed E-state index contributed by atoms with van der Waals surface area (Å²) in [5.74, 6) is 0.896. The van der Waals surface area contributed by atoms with E-state index in [9.17, 15) is 0 Å². The molecule has 1 aromatic carbocycles. The van der Waals surface area contributed by atoms with Crippen molar-refractivity contribution in [3.63, 3.8) is 0 Å². The van der Waals surface area contributed by atoms with Gasteiger partial charge in [-0.1, -0.05) is 31.5 Å². The number of nitrogens with two attached hydrogens (primary N) is 2. The number of halogens is 2. The molecule has 4 nitrogen and oxygen atoms in total. The van der Waals surface area contributed by atoms with E-state index >= 15 is 0 Å². The highest BCUT2D eigenvalue weighted by molar-refractivity contribution is 5.85. The molecule has 0 heterocycles. The Balaban J connectivity index is 0. The highest BCUT2D eigenvalue weighted by Crippen LogP contribution is 2.23. The molecule has 6 heteroatoms. The average Bonchev–Trinajstić information content (AvgIpc) is 2.40. The lowest BCUT2D eigenvalue weighted by Crippen LogP contribution is -2.30. The Kier molecular flexibility index (Phi) is 14.7. The zero-order valence-corrected chi connectivity index (χ0v) is 13.6. The number of para-hydroxylation sites is 1. The van der Waals surface area contributed by atoms with Crippen LogP contribution in [0.15, 0.2) is 24.3 Å². The summed E-state index contributed by atoms with van der Waals surface area (Å²) in [5.41, 5.74) is 12.6. The molecule has 0 aliphatic heterocycles. The summed E-state index contributed by atoms with van der Waals surface area (Å²) in [5, 5.41) is 3.22. The summed E-state index contributed by atoms with van der Waals surface area (Å²) in [6.07, 6.45) is 2.20. The van der Waals surface area contributed by atoms with E-state index in [-0.39, 0.29) is 30.9 Å². The van der Waals surface area contributed by atoms with Gasteiger partial charge in [0.1, 0.15) is 5.75 Å². The summed E-state index contributed by atoms with van der Waals surface area (Å²) >= 11 is 0. The molecule has 0 bridgehead atoms. The molecule has 5 N–H and O–H groups in total. The molecule has 20 heavy (non-hydrogen) atoms. The molecule has 1 aromatic rings. The van der Waals surface area contributed by atoms with Crippen molar-refractivity contribution in [1.29, 1.82) is 0 Å². The minimum Gasteiger partial charge on any atom is -0.493 e. The first-order chi connectivity index (χ1) is 8.79. The van der Waals surface area contributed by atoms with Crippen LogP contribution >= 0.6 is 24.8 Å². The van der Waals surface area contributed by atoms with Crippen molar-refractivity contribution in [2.24, 2.45) is 11.5 Å². The van der Waals surface area contributed by atoms with Crippen LogP contribution in [0.2, 0.25) is 0 Å². The molecule has 0 fully saturated rings. The maximum Gasteiger partial charge on any atom is 0.124 e. The second-order valence-electron chi connectivity index (χ2n) is 4.34. The summed E-state index contributed by atoms with van der Waals surface area (Å²) < 4.78 is 5.77. The number of hydrogen-bond donors (Lipinski definition) is 3. The van der Waals surface area contributed by atoms with Crippen molar-refractivity contribution in [2.75, 3.05) is 26.2 Å². The zero-order valence-electron chi connectivity index (χ0n) is 12.0. The number of unbranched alkanes of at least 4 members (excludes halogenated alkanes) is 1. The number of hydrogen-bond acceptors (Lipinski definition) is 4. The Morgan fingerprint density at radius 2 is 1.95 bits per heavy atom. The standard InChI is InChI=1S/C14H25N3O.2ClH/c1-2-3-10-18-14-7-5-4-6-12(14)13(16)11-17-9-8-15;;/h4-7,13,17H,2-3,8-11,15-16H2,1H3;2*1H. The van der Waals surface area contributed by atoms with Gasteiger partial charge in [0, 0.05) is 31.2 Å². The van der Waals surface area contributed by atoms with Crippen molar-refractivity contribution in [2.45, 2.75) is 25.8 Å². The van der Waals surface area contributed by atoms with Gasteiger partial charge in [-0.2, -0.15) is 0 Å². The number of nitrogens with one attached hydrogen (secondary N) is 1. The lowest BCUT2D eigenvalue weighted by Gasteiger charge is -2.17. The molecular weight excluding hydrogens is 297 g/mol. The lowest BCUT2D eigenvalue weighted by atomic mass is 10.1. The van der Waals surface area contributed by atoms with E-state index < -0.39 is 0 Å². The highest BCUT2D eigenvalue weighted by atomic mass is 35.5. The molecule has 0 aliphatic rings. The summed E-state index contributed by atoms with van der Waals surface area (Å²) in [6, 6.07) is 7.91. The summed E-state index contributed by atoms with van der Waals surface area (Å²) in [4.78, 5) is 0. The fourth-order valence-corrected chi connectivity index (χ4v) is 1.71. The van der Waals surface area contributed by atoms with Gasteiger partial charge in [0.25, 0.3) is 0 Å². The zero-order chi connectivity index (χ0) is 13.2. The predicted octanol–water partition coefficient (Wildman–Crippen LogP) is 2.26. The molecule has 0 aromatic heterocycles. The van der Waals surface area contributed by atoms with Crippen molar-refractivity contribution >= 4 is 24.8 Å². The number of rotatable bonds is 9. The molecule has 118 valence electrons. The first-order valence-corrected chi connectivity index (χ1v) is 6.67. The van der Waals surface area contributed by atoms with Gasteiger partial charge < -0.3 is 21.5 Å². The Bertz CT molecular complexity index is 340. The van der Waals surface area contributed by atoms with E-state index in [0.29, 0.717) is 13.1 Å². The van der Waals surface area contributed by atoms with E-state index in [1.54, 1.807) is 0 Å². The fourth-order valence-electron chi connectivity index (χ4n) is 1.71. The highest BCUT2D eigenvalue weighted by Gasteiger charge is 2.11. The second kappa shape index (κ2) is 13.5. The van der Waals surface area contributed by atoms with Crippen LogP contribution in [-0.4, -0.2) is 26.2 Å². The molecule has 1 atom stereocenters. The number of ether oxygens (including phenoxy) is 1. The largest absolute Gasteiger partial charge is 0.493 e. The van der Waals surface area contributed by atoms with Crippen molar-refractivity contribution in [3.05, 3.63) is 29.8 Å². The van der Waals surface area contributed by atoms with Crippen LogP contribution in [-0.2, 0) is 0 Å². The second-order valence-corrected chi connectivity index (χ2v) is 4.34. The maximum absolute atomic E-state index is 6.16. The van der Waals surface area contributed by atoms with Gasteiger partial charge in [0.2, 0.25) is 0 Å². The van der Waals surface area contributed by atoms with E-state index in [0.717, 1.165) is 37.3 Å². The molecule has 1 unspecified atom stereocenters. The van der Waals surface area contributed by atoms with Crippen LogP contribution in [0.25, 0.3) is 0 Å². The third-order valence-electron chi connectivity index (χ3n) is 2.76. The van der Waals surface area contributed by atoms with Gasteiger partial charge in [0.05, 0.1) is 6.61 Å². The first kappa shape index (κ1) is 21.8. The van der Waals surface area contributed by atoms with Crippen LogP contribution in [0.5, 0.6) is 5.75 Å². The third-order valence-corrected chi connectivity index (χ3v) is 2.76. The minimum atomic E-state index is -0.0608. The van der Waals surface area contributed by atoms with Crippen LogP contribution in [0, 0.1) is 0 Å². The van der Waals surface area contributed by atoms with Gasteiger partial charge in [-0.05, 0) is 12.5 Å². The normalized spacial score (nSPS) is 11.2. The van der Waals surface area contributed by atoms with Crippen LogP contribution in [0.3, 0.4) is 0 Å². The maximum atomic E-state index is 6.16. The Morgan fingerprint density at radius 1 is 1.25 bits per heavy atom. The SMILES string of the molecule is CCCCOc1ccccc1C(N)CNCCN.Cl.Cl. The van der Waals surface area contributed by atoms with Gasteiger partial charge in [-0.25, -0.2) is 0 Å². The Hall–Kier alpha value is -0.520. The summed E-state index contributed by atoms with van der Waals surface area (Å²) in [6.45, 7) is 5.02. The Morgan fingerprint density at radius 3 is 2.60 bits per heavy atom. The quantitative estimate of drug-likeness (QED) is 0.609. The van der Waals surface area contributed by atoms with Crippen LogP contribution in [0.1, 0.15) is 31.4 Å². The fraction of sp³-hybridized carbons (Fsp3) is 0.571. The van der Waals surface area contributed by atoms with Crippen molar-refractivity contribution in [3.8, 4) is 5.75 Å². The van der Waals surface area contributed by atoms with Crippen molar-refractivity contribution in [1.82, 2.24) is 5.32 Å². The van der Waals surface area contributed by atoms with Crippen LogP contribution < -0.4 is 21.5 Å². The number of benzene rings is 1. The summed E-state index contributed by atoms with van der Waals surface area (Å²) in [7, 11) is 0. The van der Waals surface area contributed by atoms with E-state index in [1.807, 2.05) is 24.3 Å². The average molecular weight is 324 g/mol. The molecule has 0 saturated heterocycles. The van der Waals surface area contributed by atoms with Crippen LogP contribution in [0.4, 0.5) is 0 Å².